The van der Waals surface area contributed by atoms with Gasteiger partial charge in [-0.15, -0.1) is 0 Å². The summed E-state index contributed by atoms with van der Waals surface area (Å²) in [6.07, 6.45) is 2.04. The van der Waals surface area contributed by atoms with E-state index in [1.807, 2.05) is 24.3 Å². The van der Waals surface area contributed by atoms with Gasteiger partial charge in [0, 0.05) is 4.47 Å². The Morgan fingerprint density at radius 2 is 1.89 bits per heavy atom. The highest BCUT2D eigenvalue weighted by molar-refractivity contribution is 9.10. The average Bonchev–Trinajstić information content (AvgIpc) is 2.31. The van der Waals surface area contributed by atoms with Gasteiger partial charge in [-0.3, -0.25) is 4.79 Å². The highest BCUT2D eigenvalue weighted by Crippen LogP contribution is 2.40. The third-order valence-electron chi connectivity index (χ3n) is 3.32. The average molecular weight is 313 g/mol. The van der Waals surface area contributed by atoms with Gasteiger partial charge in [-0.05, 0) is 29.5 Å². The van der Waals surface area contributed by atoms with Gasteiger partial charge in [0.05, 0.1) is 13.0 Å². The van der Waals surface area contributed by atoms with Crippen molar-refractivity contribution in [2.45, 2.75) is 39.5 Å². The molecule has 0 saturated carbocycles. The molecule has 0 amide bonds. The van der Waals surface area contributed by atoms with Crippen LogP contribution in [-0.4, -0.2) is 13.1 Å². The molecule has 100 valence electrons. The predicted octanol–water partition coefficient (Wildman–Crippen LogP) is 4.53. The lowest BCUT2D eigenvalue weighted by Crippen LogP contribution is -2.30. The lowest BCUT2D eigenvalue weighted by molar-refractivity contribution is -0.145. The first-order chi connectivity index (χ1) is 8.42. The second-order valence-corrected chi connectivity index (χ2v) is 6.16. The minimum Gasteiger partial charge on any atom is -0.469 e. The van der Waals surface area contributed by atoms with Crippen LogP contribution in [0.25, 0.3) is 0 Å². The largest absolute Gasteiger partial charge is 0.469 e. The Morgan fingerprint density at radius 3 is 2.33 bits per heavy atom. The molecule has 0 bridgehead atoms. The van der Waals surface area contributed by atoms with Gasteiger partial charge in [-0.2, -0.15) is 0 Å². The smallest absolute Gasteiger partial charge is 0.313 e. The van der Waals surface area contributed by atoms with Crippen molar-refractivity contribution in [1.29, 1.82) is 0 Å². The first kappa shape index (κ1) is 15.2. The summed E-state index contributed by atoms with van der Waals surface area (Å²) < 4.78 is 6.00. The molecule has 0 saturated heterocycles. The molecule has 0 aliphatic rings. The Labute approximate surface area is 118 Å². The summed E-state index contributed by atoms with van der Waals surface area (Å²) in [6, 6.07) is 7.91. The fraction of sp³-hybridized carbons (Fsp3) is 0.533. The van der Waals surface area contributed by atoms with Crippen LogP contribution >= 0.6 is 15.9 Å². The maximum absolute atomic E-state index is 12.1. The first-order valence-corrected chi connectivity index (χ1v) is 7.05. The quantitative estimate of drug-likeness (QED) is 0.746. The molecule has 0 aliphatic carbocycles. The van der Waals surface area contributed by atoms with Crippen molar-refractivity contribution in [1.82, 2.24) is 0 Å². The van der Waals surface area contributed by atoms with Crippen LogP contribution in [0.4, 0.5) is 0 Å². The first-order valence-electron chi connectivity index (χ1n) is 6.25. The Kier molecular flexibility index (Phi) is 5.39. The lowest BCUT2D eigenvalue weighted by atomic mass is 9.72. The second-order valence-electron chi connectivity index (χ2n) is 5.25. The molecule has 0 N–H and O–H groups in total. The van der Waals surface area contributed by atoms with E-state index in [1.165, 1.54) is 7.11 Å². The normalized spacial score (nSPS) is 13.2. The summed E-state index contributed by atoms with van der Waals surface area (Å²) in [5.41, 5.74) is 0.916. The van der Waals surface area contributed by atoms with Gasteiger partial charge < -0.3 is 4.74 Å². The third kappa shape index (κ3) is 3.58. The number of methoxy groups -OCH3 is 1. The molecule has 0 unspecified atom stereocenters. The maximum atomic E-state index is 12.1. The molecule has 0 fully saturated rings. The zero-order valence-electron chi connectivity index (χ0n) is 11.5. The Hall–Kier alpha value is -0.830. The zero-order valence-corrected chi connectivity index (χ0v) is 13.1. The van der Waals surface area contributed by atoms with E-state index in [4.69, 9.17) is 4.74 Å². The number of halogens is 1. The second kappa shape index (κ2) is 6.37. The number of rotatable bonds is 5. The molecule has 1 rings (SSSR count). The Bertz CT molecular complexity index is 395. The van der Waals surface area contributed by atoms with Gasteiger partial charge >= 0.3 is 5.97 Å². The van der Waals surface area contributed by atoms with E-state index >= 15 is 0 Å². The van der Waals surface area contributed by atoms with Crippen LogP contribution in [0, 0.1) is 5.41 Å². The van der Waals surface area contributed by atoms with E-state index in [9.17, 15) is 4.79 Å². The number of carbonyl (C=O) groups is 1. The summed E-state index contributed by atoms with van der Waals surface area (Å²) in [4.78, 5) is 12.1. The molecule has 0 radical (unpaired) electrons. The van der Waals surface area contributed by atoms with Crippen molar-refractivity contribution < 1.29 is 9.53 Å². The van der Waals surface area contributed by atoms with Crippen LogP contribution in [0.3, 0.4) is 0 Å². The van der Waals surface area contributed by atoms with Gasteiger partial charge in [-0.25, -0.2) is 0 Å². The van der Waals surface area contributed by atoms with Crippen molar-refractivity contribution in [2.75, 3.05) is 7.11 Å². The van der Waals surface area contributed by atoms with Crippen LogP contribution in [0.2, 0.25) is 0 Å². The topological polar surface area (TPSA) is 26.3 Å². The molecule has 0 aromatic heterocycles. The van der Waals surface area contributed by atoms with Crippen molar-refractivity contribution >= 4 is 21.9 Å². The number of esters is 1. The number of hydrogen-bond donors (Lipinski definition) is 0. The molecular formula is C15H21BrO2. The summed E-state index contributed by atoms with van der Waals surface area (Å²) in [5.74, 6) is -0.369. The van der Waals surface area contributed by atoms with Crippen molar-refractivity contribution in [3.8, 4) is 0 Å². The van der Waals surface area contributed by atoms with E-state index in [1.54, 1.807) is 0 Å². The highest BCUT2D eigenvalue weighted by atomic mass is 79.9. The van der Waals surface area contributed by atoms with Crippen LogP contribution < -0.4 is 0 Å². The molecular weight excluding hydrogens is 292 g/mol. The fourth-order valence-electron chi connectivity index (χ4n) is 2.47. The molecule has 0 aliphatic heterocycles. The minimum atomic E-state index is -0.212. The maximum Gasteiger partial charge on any atom is 0.313 e. The molecule has 2 nitrogen and oxygen atoms in total. The van der Waals surface area contributed by atoms with Crippen molar-refractivity contribution in [2.24, 2.45) is 5.41 Å². The van der Waals surface area contributed by atoms with Gasteiger partial charge in [0.1, 0.15) is 0 Å². The summed E-state index contributed by atoms with van der Waals surface area (Å²) in [6.45, 7) is 6.39. The Balaban J connectivity index is 3.13. The minimum absolute atomic E-state index is 0.102. The van der Waals surface area contributed by atoms with Crippen LogP contribution in [0.15, 0.2) is 28.7 Å². The van der Waals surface area contributed by atoms with Crippen LogP contribution in [0.5, 0.6) is 0 Å². The number of carbonyl (C=O) groups excluding carboxylic acids is 1. The fourth-order valence-corrected chi connectivity index (χ4v) is 2.73. The van der Waals surface area contributed by atoms with E-state index in [0.717, 1.165) is 22.9 Å². The summed E-state index contributed by atoms with van der Waals surface area (Å²) in [7, 11) is 1.45. The molecule has 18 heavy (non-hydrogen) atoms. The van der Waals surface area contributed by atoms with E-state index < -0.39 is 0 Å². The van der Waals surface area contributed by atoms with E-state index in [-0.39, 0.29) is 17.3 Å². The molecule has 1 aromatic carbocycles. The highest BCUT2D eigenvalue weighted by Gasteiger charge is 2.36. The van der Waals surface area contributed by atoms with E-state index in [0.29, 0.717) is 0 Å². The number of hydrogen-bond acceptors (Lipinski definition) is 2. The SMILES string of the molecule is CCCC(C)(C)[C@H](C(=O)OC)c1ccc(Br)cc1. The van der Waals surface area contributed by atoms with Gasteiger partial charge in [-0.1, -0.05) is 55.3 Å². The molecule has 0 heterocycles. The zero-order chi connectivity index (χ0) is 13.8. The predicted molar refractivity (Wildman–Crippen MR) is 77.6 cm³/mol. The van der Waals surface area contributed by atoms with Crippen LogP contribution in [-0.2, 0) is 9.53 Å². The van der Waals surface area contributed by atoms with Crippen molar-refractivity contribution in [3.05, 3.63) is 34.3 Å². The van der Waals surface area contributed by atoms with Gasteiger partial charge in [0.15, 0.2) is 0 Å². The van der Waals surface area contributed by atoms with Crippen molar-refractivity contribution in [3.63, 3.8) is 0 Å². The molecule has 3 heteroatoms. The number of benzene rings is 1. The van der Waals surface area contributed by atoms with E-state index in [2.05, 4.69) is 36.7 Å². The molecule has 1 atom stereocenters. The molecule has 0 spiro atoms. The molecule has 1 aromatic rings. The van der Waals surface area contributed by atoms with Crippen LogP contribution in [0.1, 0.15) is 45.1 Å². The Morgan fingerprint density at radius 1 is 1.33 bits per heavy atom. The monoisotopic (exact) mass is 312 g/mol. The van der Waals surface area contributed by atoms with Gasteiger partial charge in [0.25, 0.3) is 0 Å². The standard InChI is InChI=1S/C15H21BrO2/c1-5-10-15(2,3)13(14(17)18-4)11-6-8-12(16)9-7-11/h6-9,13H,5,10H2,1-4H3/t13-/m0/s1. The number of ether oxygens (including phenoxy) is 1. The third-order valence-corrected chi connectivity index (χ3v) is 3.84. The van der Waals surface area contributed by atoms with Gasteiger partial charge in [0.2, 0.25) is 0 Å². The summed E-state index contributed by atoms with van der Waals surface area (Å²) >= 11 is 3.41. The summed E-state index contributed by atoms with van der Waals surface area (Å²) in [5, 5.41) is 0. The lowest BCUT2D eigenvalue weighted by Gasteiger charge is -2.32.